The molecule has 1 amide bonds. The molecule has 1 N–H and O–H groups in total. The summed E-state index contributed by atoms with van der Waals surface area (Å²) in [5, 5.41) is 2.97. The number of carbonyl (C=O) groups is 1. The van der Waals surface area contributed by atoms with Gasteiger partial charge in [-0.25, -0.2) is 0 Å². The number of hydrogen-bond acceptors (Lipinski definition) is 3. The highest BCUT2D eigenvalue weighted by Gasteiger charge is 2.19. The molecular formula is C22H26F2N2OS. The van der Waals surface area contributed by atoms with Crippen LogP contribution in [0.15, 0.2) is 53.4 Å². The maximum atomic E-state index is 12.6. The number of alkyl halides is 2. The first-order chi connectivity index (χ1) is 13.5. The van der Waals surface area contributed by atoms with Crippen molar-refractivity contribution in [2.45, 2.75) is 55.3 Å². The molecule has 1 aliphatic carbocycles. The van der Waals surface area contributed by atoms with Crippen LogP contribution in [-0.4, -0.2) is 29.7 Å². The van der Waals surface area contributed by atoms with Gasteiger partial charge in [-0.05, 0) is 55.8 Å². The van der Waals surface area contributed by atoms with Gasteiger partial charge < -0.3 is 5.32 Å². The average molecular weight is 405 g/mol. The van der Waals surface area contributed by atoms with Gasteiger partial charge in [0.25, 0.3) is 11.7 Å². The van der Waals surface area contributed by atoms with Crippen molar-refractivity contribution in [3.05, 3.63) is 59.7 Å². The van der Waals surface area contributed by atoms with Crippen molar-refractivity contribution in [3.8, 4) is 0 Å². The van der Waals surface area contributed by atoms with Crippen molar-refractivity contribution >= 4 is 23.4 Å². The van der Waals surface area contributed by atoms with E-state index in [-0.39, 0.29) is 5.91 Å². The molecule has 1 aliphatic rings. The Morgan fingerprint density at radius 1 is 1.11 bits per heavy atom. The fourth-order valence-corrected chi connectivity index (χ4v) is 4.18. The van der Waals surface area contributed by atoms with E-state index in [1.807, 2.05) is 24.3 Å². The van der Waals surface area contributed by atoms with Crippen LogP contribution in [-0.2, 0) is 6.54 Å². The Labute approximate surface area is 169 Å². The molecular weight excluding hydrogens is 378 g/mol. The van der Waals surface area contributed by atoms with E-state index in [9.17, 15) is 13.6 Å². The summed E-state index contributed by atoms with van der Waals surface area (Å²) in [6.45, 7) is 0.783. The summed E-state index contributed by atoms with van der Waals surface area (Å²) in [4.78, 5) is 15.4. The summed E-state index contributed by atoms with van der Waals surface area (Å²) in [6.07, 6.45) is 6.36. The van der Waals surface area contributed by atoms with E-state index in [4.69, 9.17) is 0 Å². The molecule has 0 bridgehead atoms. The Bertz CT molecular complexity index is 776. The van der Waals surface area contributed by atoms with Gasteiger partial charge in [-0.2, -0.15) is 8.78 Å². The molecule has 1 fully saturated rings. The molecule has 0 spiro atoms. The fraction of sp³-hybridized carbons (Fsp3) is 0.409. The SMILES string of the molecule is CN(Cc1ccccc1NC(=O)c1ccc(SC(F)F)cc1)C1CCCCC1. The highest BCUT2D eigenvalue weighted by Crippen LogP contribution is 2.27. The number of nitrogens with one attached hydrogen (secondary N) is 1. The molecule has 28 heavy (non-hydrogen) atoms. The van der Waals surface area contributed by atoms with E-state index < -0.39 is 5.76 Å². The van der Waals surface area contributed by atoms with Crippen LogP contribution in [0.1, 0.15) is 48.0 Å². The molecule has 3 rings (SSSR count). The second kappa shape index (κ2) is 10.0. The predicted octanol–water partition coefficient (Wildman–Crippen LogP) is 6.02. The fourth-order valence-electron chi connectivity index (χ4n) is 3.68. The Balaban J connectivity index is 1.66. The van der Waals surface area contributed by atoms with Crippen molar-refractivity contribution in [3.63, 3.8) is 0 Å². The van der Waals surface area contributed by atoms with Crippen LogP contribution in [0.25, 0.3) is 0 Å². The lowest BCUT2D eigenvalue weighted by atomic mass is 9.94. The van der Waals surface area contributed by atoms with Crippen molar-refractivity contribution in [2.75, 3.05) is 12.4 Å². The van der Waals surface area contributed by atoms with Gasteiger partial charge >= 0.3 is 0 Å². The molecule has 0 unspecified atom stereocenters. The Morgan fingerprint density at radius 2 is 1.79 bits per heavy atom. The minimum atomic E-state index is -2.47. The van der Waals surface area contributed by atoms with E-state index >= 15 is 0 Å². The minimum Gasteiger partial charge on any atom is -0.322 e. The van der Waals surface area contributed by atoms with Gasteiger partial charge in [-0.3, -0.25) is 9.69 Å². The normalized spacial score (nSPS) is 15.2. The van der Waals surface area contributed by atoms with Gasteiger partial charge in [0.2, 0.25) is 0 Å². The zero-order chi connectivity index (χ0) is 19.9. The quantitative estimate of drug-likeness (QED) is 0.573. The lowest BCUT2D eigenvalue weighted by Crippen LogP contribution is -2.33. The van der Waals surface area contributed by atoms with Crippen LogP contribution in [0.3, 0.4) is 0 Å². The number of anilines is 1. The van der Waals surface area contributed by atoms with Crippen molar-refractivity contribution in [1.82, 2.24) is 4.90 Å². The van der Waals surface area contributed by atoms with Crippen molar-refractivity contribution < 1.29 is 13.6 Å². The molecule has 2 aromatic rings. The minimum absolute atomic E-state index is 0.235. The molecule has 0 atom stereocenters. The van der Waals surface area contributed by atoms with Crippen molar-refractivity contribution in [2.24, 2.45) is 0 Å². The topological polar surface area (TPSA) is 32.3 Å². The summed E-state index contributed by atoms with van der Waals surface area (Å²) < 4.78 is 24.9. The van der Waals surface area contributed by atoms with Crippen LogP contribution in [0, 0.1) is 0 Å². The summed E-state index contributed by atoms with van der Waals surface area (Å²) >= 11 is 0.475. The summed E-state index contributed by atoms with van der Waals surface area (Å²) in [5.41, 5.74) is 2.32. The van der Waals surface area contributed by atoms with Gasteiger partial charge in [-0.1, -0.05) is 49.2 Å². The third kappa shape index (κ3) is 5.79. The number of nitrogens with zero attached hydrogens (tertiary/aromatic N) is 1. The van der Waals surface area contributed by atoms with Gasteiger partial charge in [0, 0.05) is 28.7 Å². The second-order valence-electron chi connectivity index (χ2n) is 7.22. The van der Waals surface area contributed by atoms with Crippen LogP contribution in [0.2, 0.25) is 0 Å². The molecule has 150 valence electrons. The second-order valence-corrected chi connectivity index (χ2v) is 8.28. The maximum Gasteiger partial charge on any atom is 0.288 e. The van der Waals surface area contributed by atoms with Crippen molar-refractivity contribution in [1.29, 1.82) is 0 Å². The lowest BCUT2D eigenvalue weighted by Gasteiger charge is -2.31. The first-order valence-corrected chi connectivity index (χ1v) is 10.6. The number of para-hydroxylation sites is 1. The molecule has 0 aromatic heterocycles. The summed E-state index contributed by atoms with van der Waals surface area (Å²) in [6, 6.07) is 14.7. The van der Waals surface area contributed by atoms with Gasteiger partial charge in [-0.15, -0.1) is 0 Å². The molecule has 1 saturated carbocycles. The summed E-state index contributed by atoms with van der Waals surface area (Å²) in [7, 11) is 2.15. The van der Waals surface area contributed by atoms with E-state index in [0.29, 0.717) is 28.3 Å². The smallest absolute Gasteiger partial charge is 0.288 e. The third-order valence-corrected chi connectivity index (χ3v) is 5.95. The molecule has 0 radical (unpaired) electrons. The molecule has 2 aromatic carbocycles. The van der Waals surface area contributed by atoms with Crippen LogP contribution < -0.4 is 5.32 Å². The first-order valence-electron chi connectivity index (χ1n) is 9.67. The molecule has 0 heterocycles. The lowest BCUT2D eigenvalue weighted by molar-refractivity contribution is 0.102. The Morgan fingerprint density at radius 3 is 2.46 bits per heavy atom. The highest BCUT2D eigenvalue weighted by atomic mass is 32.2. The number of amides is 1. The highest BCUT2D eigenvalue weighted by molar-refractivity contribution is 7.99. The number of hydrogen-bond donors (Lipinski definition) is 1. The number of halogens is 2. The monoisotopic (exact) mass is 404 g/mol. The maximum absolute atomic E-state index is 12.6. The number of benzene rings is 2. The number of rotatable bonds is 7. The summed E-state index contributed by atoms with van der Waals surface area (Å²) in [5.74, 6) is -2.70. The van der Waals surface area contributed by atoms with Gasteiger partial charge in [0.15, 0.2) is 0 Å². The van der Waals surface area contributed by atoms with Gasteiger partial charge in [0.1, 0.15) is 0 Å². The van der Waals surface area contributed by atoms with Crippen LogP contribution in [0.5, 0.6) is 0 Å². The van der Waals surface area contributed by atoms with Crippen LogP contribution >= 0.6 is 11.8 Å². The zero-order valence-corrected chi connectivity index (χ0v) is 16.9. The molecule has 0 saturated heterocycles. The Hall–Kier alpha value is -1.92. The van der Waals surface area contributed by atoms with E-state index in [0.717, 1.165) is 17.8 Å². The largest absolute Gasteiger partial charge is 0.322 e. The third-order valence-electron chi connectivity index (χ3n) is 5.23. The number of carbonyl (C=O) groups excluding carboxylic acids is 1. The van der Waals surface area contributed by atoms with E-state index in [1.54, 1.807) is 24.3 Å². The average Bonchev–Trinajstić information content (AvgIpc) is 2.70. The van der Waals surface area contributed by atoms with E-state index in [1.165, 1.54) is 32.1 Å². The molecule has 0 aliphatic heterocycles. The standard InChI is InChI=1S/C22H26F2N2OS/c1-26(18-8-3-2-4-9-18)15-17-7-5-6-10-20(17)25-21(27)16-11-13-19(14-12-16)28-22(23)24/h5-7,10-14,18,22H,2-4,8-9,15H2,1H3,(H,25,27). The number of thioether (sulfide) groups is 1. The molecule has 6 heteroatoms. The van der Waals surface area contributed by atoms with Gasteiger partial charge in [0.05, 0.1) is 0 Å². The molecule has 3 nitrogen and oxygen atoms in total. The first kappa shape index (κ1) is 20.8. The Kier molecular flexibility index (Phi) is 7.45. The van der Waals surface area contributed by atoms with Crippen LogP contribution in [0.4, 0.5) is 14.5 Å². The van der Waals surface area contributed by atoms with E-state index in [2.05, 4.69) is 17.3 Å². The zero-order valence-electron chi connectivity index (χ0n) is 16.0. The predicted molar refractivity (Wildman–Crippen MR) is 111 cm³/mol.